The lowest BCUT2D eigenvalue weighted by atomic mass is 10.1. The van der Waals surface area contributed by atoms with Crippen LogP contribution >= 0.6 is 0 Å². The van der Waals surface area contributed by atoms with E-state index >= 15 is 0 Å². The molecule has 1 aromatic heterocycles. The highest BCUT2D eigenvalue weighted by Crippen LogP contribution is 2.21. The molecule has 1 aromatic carbocycles. The molecule has 1 amide bonds. The van der Waals surface area contributed by atoms with E-state index in [0.717, 1.165) is 11.4 Å². The van der Waals surface area contributed by atoms with Gasteiger partial charge in [0.1, 0.15) is 5.75 Å². The molecule has 0 atom stereocenters. The van der Waals surface area contributed by atoms with Gasteiger partial charge in [-0.25, -0.2) is 4.68 Å². The number of benzene rings is 1. The van der Waals surface area contributed by atoms with Gasteiger partial charge in [0.15, 0.2) is 0 Å². The Kier molecular flexibility index (Phi) is 2.82. The summed E-state index contributed by atoms with van der Waals surface area (Å²) in [7, 11) is 1.50. The Balaban J connectivity index is 2.55. The first-order valence-corrected chi connectivity index (χ1v) is 5.12. The summed E-state index contributed by atoms with van der Waals surface area (Å²) in [5.74, 6) is -0.0560. The van der Waals surface area contributed by atoms with Crippen molar-refractivity contribution in [2.45, 2.75) is 6.92 Å². The van der Waals surface area contributed by atoms with Crippen molar-refractivity contribution in [3.63, 3.8) is 0 Å². The van der Waals surface area contributed by atoms with Crippen LogP contribution in [0.3, 0.4) is 0 Å². The second kappa shape index (κ2) is 4.29. The van der Waals surface area contributed by atoms with Crippen molar-refractivity contribution in [1.82, 2.24) is 9.78 Å². The SMILES string of the molecule is COc1ccc(-n2nccc2C)cc1C(N)=O. The number of nitrogens with zero attached hydrogens (tertiary/aromatic N) is 2. The normalized spacial score (nSPS) is 10.2. The maximum Gasteiger partial charge on any atom is 0.252 e. The fraction of sp³-hybridized carbons (Fsp3) is 0.167. The molecule has 5 nitrogen and oxygen atoms in total. The van der Waals surface area contributed by atoms with Gasteiger partial charge in [-0.15, -0.1) is 0 Å². The number of aromatic nitrogens is 2. The Morgan fingerprint density at radius 3 is 2.71 bits per heavy atom. The lowest BCUT2D eigenvalue weighted by Crippen LogP contribution is -2.13. The molecule has 0 spiro atoms. The standard InChI is InChI=1S/C12H13N3O2/c1-8-5-6-14-15(8)9-3-4-11(17-2)10(7-9)12(13)16/h3-7H,1-2H3,(H2,13,16). The van der Waals surface area contributed by atoms with Gasteiger partial charge in [-0.05, 0) is 31.2 Å². The molecule has 0 bridgehead atoms. The van der Waals surface area contributed by atoms with Crippen LogP contribution in [0.15, 0.2) is 30.5 Å². The molecule has 2 N–H and O–H groups in total. The van der Waals surface area contributed by atoms with Crippen molar-refractivity contribution >= 4 is 5.91 Å². The van der Waals surface area contributed by atoms with Gasteiger partial charge < -0.3 is 10.5 Å². The third-order valence-electron chi connectivity index (χ3n) is 2.53. The molecule has 2 aromatic rings. The summed E-state index contributed by atoms with van der Waals surface area (Å²) < 4.78 is 6.81. The summed E-state index contributed by atoms with van der Waals surface area (Å²) >= 11 is 0. The van der Waals surface area contributed by atoms with E-state index in [9.17, 15) is 4.79 Å². The average Bonchev–Trinajstić information content (AvgIpc) is 2.74. The summed E-state index contributed by atoms with van der Waals surface area (Å²) in [5.41, 5.74) is 7.41. The van der Waals surface area contributed by atoms with Gasteiger partial charge in [0, 0.05) is 11.9 Å². The van der Waals surface area contributed by atoms with Crippen molar-refractivity contribution in [2.24, 2.45) is 5.73 Å². The highest BCUT2D eigenvalue weighted by atomic mass is 16.5. The Morgan fingerprint density at radius 2 is 2.18 bits per heavy atom. The van der Waals surface area contributed by atoms with Crippen molar-refractivity contribution in [2.75, 3.05) is 7.11 Å². The van der Waals surface area contributed by atoms with Crippen LogP contribution in [0.2, 0.25) is 0 Å². The molecule has 88 valence electrons. The topological polar surface area (TPSA) is 70.1 Å². The average molecular weight is 231 g/mol. The maximum atomic E-state index is 11.3. The zero-order chi connectivity index (χ0) is 12.4. The predicted molar refractivity (Wildman–Crippen MR) is 63.4 cm³/mol. The van der Waals surface area contributed by atoms with E-state index < -0.39 is 5.91 Å². The molecule has 0 aliphatic rings. The second-order valence-corrected chi connectivity index (χ2v) is 3.63. The van der Waals surface area contributed by atoms with Crippen molar-refractivity contribution in [1.29, 1.82) is 0 Å². The zero-order valence-electron chi connectivity index (χ0n) is 9.68. The summed E-state index contributed by atoms with van der Waals surface area (Å²) in [6.07, 6.45) is 1.70. The van der Waals surface area contributed by atoms with E-state index in [2.05, 4.69) is 5.10 Å². The van der Waals surface area contributed by atoms with E-state index in [-0.39, 0.29) is 0 Å². The Bertz CT molecular complexity index is 561. The molecule has 17 heavy (non-hydrogen) atoms. The molecular formula is C12H13N3O2. The second-order valence-electron chi connectivity index (χ2n) is 3.63. The van der Waals surface area contributed by atoms with Crippen molar-refractivity contribution in [3.8, 4) is 11.4 Å². The van der Waals surface area contributed by atoms with E-state index in [4.69, 9.17) is 10.5 Å². The lowest BCUT2D eigenvalue weighted by molar-refractivity contribution is 0.0997. The van der Waals surface area contributed by atoms with E-state index in [1.54, 1.807) is 23.0 Å². The molecule has 0 aliphatic heterocycles. The first kappa shape index (κ1) is 11.2. The Morgan fingerprint density at radius 1 is 1.41 bits per heavy atom. The molecule has 0 saturated carbocycles. The van der Waals surface area contributed by atoms with Gasteiger partial charge in [-0.2, -0.15) is 5.10 Å². The third kappa shape index (κ3) is 1.99. The monoisotopic (exact) mass is 231 g/mol. The highest BCUT2D eigenvalue weighted by molar-refractivity contribution is 5.96. The number of nitrogens with two attached hydrogens (primary N) is 1. The molecule has 0 radical (unpaired) electrons. The first-order valence-electron chi connectivity index (χ1n) is 5.12. The van der Waals surface area contributed by atoms with Crippen LogP contribution < -0.4 is 10.5 Å². The zero-order valence-corrected chi connectivity index (χ0v) is 9.68. The summed E-state index contributed by atoms with van der Waals surface area (Å²) in [5, 5.41) is 4.17. The van der Waals surface area contributed by atoms with Gasteiger partial charge in [0.25, 0.3) is 5.91 Å². The number of rotatable bonds is 3. The van der Waals surface area contributed by atoms with E-state index in [0.29, 0.717) is 11.3 Å². The Hall–Kier alpha value is -2.30. The minimum Gasteiger partial charge on any atom is -0.496 e. The van der Waals surface area contributed by atoms with Crippen LogP contribution in [-0.4, -0.2) is 22.8 Å². The predicted octanol–water partition coefficient (Wildman–Crippen LogP) is 1.29. The van der Waals surface area contributed by atoms with Crippen molar-refractivity contribution in [3.05, 3.63) is 41.7 Å². The van der Waals surface area contributed by atoms with Gasteiger partial charge in [-0.3, -0.25) is 4.79 Å². The Labute approximate surface area is 98.8 Å². The molecular weight excluding hydrogens is 218 g/mol. The summed E-state index contributed by atoms with van der Waals surface area (Å²) in [6, 6.07) is 7.08. The van der Waals surface area contributed by atoms with Gasteiger partial charge >= 0.3 is 0 Å². The minimum absolute atomic E-state index is 0.347. The van der Waals surface area contributed by atoms with Crippen LogP contribution in [0.5, 0.6) is 5.75 Å². The molecule has 2 rings (SSSR count). The number of methoxy groups -OCH3 is 1. The number of hydrogen-bond donors (Lipinski definition) is 1. The minimum atomic E-state index is -0.520. The molecule has 1 heterocycles. The molecule has 5 heteroatoms. The number of carbonyl (C=O) groups is 1. The molecule has 0 saturated heterocycles. The van der Waals surface area contributed by atoms with Gasteiger partial charge in [-0.1, -0.05) is 0 Å². The number of aryl methyl sites for hydroxylation is 1. The fourth-order valence-corrected chi connectivity index (χ4v) is 1.66. The number of carbonyl (C=O) groups excluding carboxylic acids is 1. The van der Waals surface area contributed by atoms with E-state index in [1.165, 1.54) is 7.11 Å². The maximum absolute atomic E-state index is 11.3. The number of amides is 1. The third-order valence-corrected chi connectivity index (χ3v) is 2.53. The largest absolute Gasteiger partial charge is 0.496 e. The van der Waals surface area contributed by atoms with Gasteiger partial charge in [0.2, 0.25) is 0 Å². The quantitative estimate of drug-likeness (QED) is 0.865. The number of hydrogen-bond acceptors (Lipinski definition) is 3. The summed E-state index contributed by atoms with van der Waals surface area (Å²) in [4.78, 5) is 11.3. The molecule has 0 fully saturated rings. The van der Waals surface area contributed by atoms with Crippen molar-refractivity contribution < 1.29 is 9.53 Å². The van der Waals surface area contributed by atoms with Gasteiger partial charge in [0.05, 0.1) is 18.4 Å². The van der Waals surface area contributed by atoms with Crippen LogP contribution in [0.1, 0.15) is 16.1 Å². The fourth-order valence-electron chi connectivity index (χ4n) is 1.66. The van der Waals surface area contributed by atoms with Crippen LogP contribution in [0, 0.1) is 6.92 Å². The highest BCUT2D eigenvalue weighted by Gasteiger charge is 2.11. The van der Waals surface area contributed by atoms with Crippen LogP contribution in [0.4, 0.5) is 0 Å². The first-order chi connectivity index (χ1) is 8.13. The van der Waals surface area contributed by atoms with Crippen LogP contribution in [0.25, 0.3) is 5.69 Å². The van der Waals surface area contributed by atoms with E-state index in [1.807, 2.05) is 19.1 Å². The number of ether oxygens (including phenoxy) is 1. The smallest absolute Gasteiger partial charge is 0.252 e. The van der Waals surface area contributed by atoms with Crippen LogP contribution in [-0.2, 0) is 0 Å². The molecule has 0 aliphatic carbocycles. The molecule has 0 unspecified atom stereocenters. The summed E-state index contributed by atoms with van der Waals surface area (Å²) in [6.45, 7) is 1.93. The lowest BCUT2D eigenvalue weighted by Gasteiger charge is -2.09. The number of primary amides is 1.